The summed E-state index contributed by atoms with van der Waals surface area (Å²) in [6.45, 7) is 7.60. The highest BCUT2D eigenvalue weighted by atomic mass is 16.7. The summed E-state index contributed by atoms with van der Waals surface area (Å²) in [4.78, 5) is 11.4. The molecule has 0 aliphatic heterocycles. The maximum absolute atomic E-state index is 11.4. The third-order valence-corrected chi connectivity index (χ3v) is 2.24. The highest BCUT2D eigenvalue weighted by Gasteiger charge is 2.28. The molecule has 0 saturated heterocycles. The largest absolute Gasteiger partial charge is 0.436 e. The van der Waals surface area contributed by atoms with Crippen molar-refractivity contribution in [3.05, 3.63) is 0 Å². The van der Waals surface area contributed by atoms with Gasteiger partial charge < -0.3 is 9.47 Å². The molecule has 1 aliphatic carbocycles. The van der Waals surface area contributed by atoms with Crippen LogP contribution in [0.4, 0.5) is 0 Å². The molecule has 1 saturated carbocycles. The summed E-state index contributed by atoms with van der Waals surface area (Å²) in [6, 6.07) is 0. The van der Waals surface area contributed by atoms with Crippen molar-refractivity contribution in [1.29, 1.82) is 0 Å². The highest BCUT2D eigenvalue weighted by Crippen LogP contribution is 2.28. The maximum Gasteiger partial charge on any atom is 0.311 e. The van der Waals surface area contributed by atoms with Crippen molar-refractivity contribution in [1.82, 2.24) is 0 Å². The lowest BCUT2D eigenvalue weighted by atomic mass is 9.86. The number of esters is 1. The zero-order valence-corrected chi connectivity index (χ0v) is 9.50. The molecule has 1 fully saturated rings. The number of carbonyl (C=O) groups is 1. The molecule has 1 unspecified atom stereocenters. The molecular weight excluding hydrogens is 180 g/mol. The SMILES string of the molecule is CC(OC(=O)C1CCC1)OC(C)(C)C. The van der Waals surface area contributed by atoms with Crippen LogP contribution in [0.3, 0.4) is 0 Å². The first-order valence-electron chi connectivity index (χ1n) is 5.27. The monoisotopic (exact) mass is 200 g/mol. The molecule has 0 N–H and O–H groups in total. The minimum atomic E-state index is -0.442. The molecule has 0 bridgehead atoms. The quantitative estimate of drug-likeness (QED) is 0.518. The van der Waals surface area contributed by atoms with Crippen LogP contribution in [0.5, 0.6) is 0 Å². The van der Waals surface area contributed by atoms with Crippen LogP contribution in [0.1, 0.15) is 47.0 Å². The van der Waals surface area contributed by atoms with E-state index in [1.165, 1.54) is 0 Å². The zero-order valence-electron chi connectivity index (χ0n) is 9.50. The number of ether oxygens (including phenoxy) is 2. The molecule has 82 valence electrons. The lowest BCUT2D eigenvalue weighted by molar-refractivity contribution is -0.202. The third-order valence-electron chi connectivity index (χ3n) is 2.24. The van der Waals surface area contributed by atoms with Gasteiger partial charge in [-0.1, -0.05) is 6.42 Å². The van der Waals surface area contributed by atoms with Crippen molar-refractivity contribution in [2.24, 2.45) is 5.92 Å². The van der Waals surface area contributed by atoms with Crippen molar-refractivity contribution in [3.8, 4) is 0 Å². The normalized spacial score (nSPS) is 20.0. The van der Waals surface area contributed by atoms with Gasteiger partial charge in [-0.3, -0.25) is 4.79 Å². The van der Waals surface area contributed by atoms with E-state index in [9.17, 15) is 4.79 Å². The fourth-order valence-corrected chi connectivity index (χ4v) is 1.43. The molecule has 0 aromatic carbocycles. The van der Waals surface area contributed by atoms with Gasteiger partial charge >= 0.3 is 5.97 Å². The van der Waals surface area contributed by atoms with Gasteiger partial charge in [0.25, 0.3) is 0 Å². The smallest absolute Gasteiger partial charge is 0.311 e. The van der Waals surface area contributed by atoms with Gasteiger partial charge in [0.15, 0.2) is 0 Å². The van der Waals surface area contributed by atoms with Gasteiger partial charge in [0.1, 0.15) is 0 Å². The van der Waals surface area contributed by atoms with Gasteiger partial charge in [0, 0.05) is 0 Å². The van der Waals surface area contributed by atoms with Gasteiger partial charge in [-0.25, -0.2) is 0 Å². The minimum absolute atomic E-state index is 0.104. The standard InChI is InChI=1S/C11H20O3/c1-8(14-11(2,3)4)13-10(12)9-6-5-7-9/h8-9H,5-7H2,1-4H3. The Morgan fingerprint density at radius 2 is 1.93 bits per heavy atom. The Labute approximate surface area is 85.8 Å². The molecule has 0 aromatic rings. The molecule has 0 aromatic heterocycles. The van der Waals surface area contributed by atoms with Crippen LogP contribution in [-0.4, -0.2) is 17.9 Å². The predicted octanol–water partition coefficient (Wildman–Crippen LogP) is 2.49. The molecule has 3 heteroatoms. The summed E-state index contributed by atoms with van der Waals surface area (Å²) in [5.74, 6) is 0.0222. The summed E-state index contributed by atoms with van der Waals surface area (Å²) in [7, 11) is 0. The molecule has 1 aliphatic rings. The van der Waals surface area contributed by atoms with E-state index in [1.54, 1.807) is 6.92 Å². The van der Waals surface area contributed by atoms with Gasteiger partial charge in [-0.2, -0.15) is 0 Å². The van der Waals surface area contributed by atoms with Crippen LogP contribution in [0.15, 0.2) is 0 Å². The average molecular weight is 200 g/mol. The Kier molecular flexibility index (Phi) is 3.53. The predicted molar refractivity (Wildman–Crippen MR) is 53.7 cm³/mol. The lowest BCUT2D eigenvalue weighted by Gasteiger charge is -2.28. The van der Waals surface area contributed by atoms with Crippen LogP contribution in [0.2, 0.25) is 0 Å². The van der Waals surface area contributed by atoms with Crippen molar-refractivity contribution in [2.45, 2.75) is 58.8 Å². The molecule has 0 spiro atoms. The number of carbonyl (C=O) groups excluding carboxylic acids is 1. The minimum Gasteiger partial charge on any atom is -0.436 e. The summed E-state index contributed by atoms with van der Waals surface area (Å²) < 4.78 is 10.7. The third kappa shape index (κ3) is 3.66. The highest BCUT2D eigenvalue weighted by molar-refractivity contribution is 5.73. The van der Waals surface area contributed by atoms with Gasteiger partial charge in [0.05, 0.1) is 11.5 Å². The Bertz CT molecular complexity index is 201. The molecule has 14 heavy (non-hydrogen) atoms. The first-order chi connectivity index (χ1) is 6.38. The molecule has 0 amide bonds. The number of rotatable bonds is 3. The maximum atomic E-state index is 11.4. The fraction of sp³-hybridized carbons (Fsp3) is 0.909. The van der Waals surface area contributed by atoms with Crippen molar-refractivity contribution in [3.63, 3.8) is 0 Å². The van der Waals surface area contributed by atoms with Crippen LogP contribution >= 0.6 is 0 Å². The summed E-state index contributed by atoms with van der Waals surface area (Å²) in [6.07, 6.45) is 2.65. The topological polar surface area (TPSA) is 35.5 Å². The van der Waals surface area contributed by atoms with Gasteiger partial charge in [0.2, 0.25) is 6.29 Å². The number of hydrogen-bond donors (Lipinski definition) is 0. The molecule has 3 nitrogen and oxygen atoms in total. The van der Waals surface area contributed by atoms with E-state index in [1.807, 2.05) is 20.8 Å². The molecule has 0 heterocycles. The number of hydrogen-bond acceptors (Lipinski definition) is 3. The van der Waals surface area contributed by atoms with E-state index in [4.69, 9.17) is 9.47 Å². The Balaban J connectivity index is 2.25. The Morgan fingerprint density at radius 3 is 2.29 bits per heavy atom. The zero-order chi connectivity index (χ0) is 10.8. The Morgan fingerprint density at radius 1 is 1.36 bits per heavy atom. The lowest BCUT2D eigenvalue weighted by Crippen LogP contribution is -2.32. The second-order valence-corrected chi connectivity index (χ2v) is 4.86. The van der Waals surface area contributed by atoms with Gasteiger partial charge in [-0.05, 0) is 40.5 Å². The first kappa shape index (κ1) is 11.5. The molecule has 1 rings (SSSR count). The molecular formula is C11H20O3. The summed E-state index contributed by atoms with van der Waals surface area (Å²) >= 11 is 0. The summed E-state index contributed by atoms with van der Waals surface area (Å²) in [5, 5.41) is 0. The molecule has 1 atom stereocenters. The second-order valence-electron chi connectivity index (χ2n) is 4.86. The molecule has 0 radical (unpaired) electrons. The average Bonchev–Trinajstić information content (AvgIpc) is 1.75. The van der Waals surface area contributed by atoms with Crippen molar-refractivity contribution >= 4 is 5.97 Å². The van der Waals surface area contributed by atoms with Gasteiger partial charge in [-0.15, -0.1) is 0 Å². The van der Waals surface area contributed by atoms with E-state index in [2.05, 4.69) is 0 Å². The second kappa shape index (κ2) is 4.30. The van der Waals surface area contributed by atoms with E-state index < -0.39 is 6.29 Å². The first-order valence-corrected chi connectivity index (χ1v) is 5.27. The van der Waals surface area contributed by atoms with Crippen molar-refractivity contribution < 1.29 is 14.3 Å². The van der Waals surface area contributed by atoms with E-state index >= 15 is 0 Å². The van der Waals surface area contributed by atoms with E-state index in [-0.39, 0.29) is 17.5 Å². The fourth-order valence-electron chi connectivity index (χ4n) is 1.43. The van der Waals surface area contributed by atoms with E-state index in [0.29, 0.717) is 0 Å². The van der Waals surface area contributed by atoms with Crippen LogP contribution in [-0.2, 0) is 14.3 Å². The van der Waals surface area contributed by atoms with Crippen LogP contribution in [0, 0.1) is 5.92 Å². The van der Waals surface area contributed by atoms with E-state index in [0.717, 1.165) is 19.3 Å². The Hall–Kier alpha value is -0.570. The van der Waals surface area contributed by atoms with Crippen molar-refractivity contribution in [2.75, 3.05) is 0 Å². The summed E-state index contributed by atoms with van der Waals surface area (Å²) in [5.41, 5.74) is -0.265. The van der Waals surface area contributed by atoms with Crippen LogP contribution in [0.25, 0.3) is 0 Å². The van der Waals surface area contributed by atoms with Crippen LogP contribution < -0.4 is 0 Å².